The first kappa shape index (κ1) is 13.1. The molecular weight excluding hydrogens is 329 g/mol. The monoisotopic (exact) mass is 347 g/mol. The summed E-state index contributed by atoms with van der Waals surface area (Å²) >= 11 is 2.30. The van der Waals surface area contributed by atoms with Crippen molar-refractivity contribution >= 4 is 22.6 Å². The highest BCUT2D eigenvalue weighted by Crippen LogP contribution is 2.30. The molecule has 0 radical (unpaired) electrons. The second-order valence-corrected chi connectivity index (χ2v) is 5.30. The molecule has 0 saturated heterocycles. The van der Waals surface area contributed by atoms with Crippen molar-refractivity contribution in [1.29, 1.82) is 0 Å². The van der Waals surface area contributed by atoms with Gasteiger partial charge in [0.25, 0.3) is 0 Å². The van der Waals surface area contributed by atoms with Crippen LogP contribution in [0.4, 0.5) is 0 Å². The molecule has 2 rings (SSSR count). The van der Waals surface area contributed by atoms with E-state index in [1.54, 1.807) is 0 Å². The largest absolute Gasteiger partial charge is 0.486 e. The summed E-state index contributed by atoms with van der Waals surface area (Å²) in [6.07, 6.45) is 1.34. The van der Waals surface area contributed by atoms with Crippen molar-refractivity contribution in [3.8, 4) is 5.75 Å². The minimum Gasteiger partial charge on any atom is -0.486 e. The van der Waals surface area contributed by atoms with E-state index < -0.39 is 0 Å². The van der Waals surface area contributed by atoms with Gasteiger partial charge in [0.1, 0.15) is 18.0 Å². The van der Waals surface area contributed by atoms with Gasteiger partial charge in [-0.1, -0.05) is 12.1 Å². The number of hydrogen-bond donors (Lipinski definition) is 1. The van der Waals surface area contributed by atoms with Crippen molar-refractivity contribution in [2.24, 2.45) is 0 Å². The topological polar surface area (TPSA) is 30.5 Å². The van der Waals surface area contributed by atoms with Crippen LogP contribution in [-0.2, 0) is 4.74 Å². The summed E-state index contributed by atoms with van der Waals surface area (Å²) in [7, 11) is 1.97. The standard InChI is InChI=1S/C13H18INO2/c1-3-16-13-10(15-2)8-12(13)17-11-7-5-4-6-9(11)14/h4-7,10,12-13,15H,3,8H2,1-2H3. The Morgan fingerprint density at radius 1 is 1.41 bits per heavy atom. The first-order valence-electron chi connectivity index (χ1n) is 5.96. The lowest BCUT2D eigenvalue weighted by Crippen LogP contribution is -2.60. The maximum Gasteiger partial charge on any atom is 0.133 e. The molecule has 0 amide bonds. The summed E-state index contributed by atoms with van der Waals surface area (Å²) in [5.74, 6) is 0.956. The van der Waals surface area contributed by atoms with E-state index >= 15 is 0 Å². The van der Waals surface area contributed by atoms with Crippen molar-refractivity contribution in [2.75, 3.05) is 13.7 Å². The Hall–Kier alpha value is -0.330. The van der Waals surface area contributed by atoms with E-state index in [-0.39, 0.29) is 12.2 Å². The Kier molecular flexibility index (Phi) is 4.64. The molecule has 0 heterocycles. The number of benzene rings is 1. The summed E-state index contributed by atoms with van der Waals surface area (Å²) in [6.45, 7) is 2.75. The molecule has 1 aliphatic carbocycles. The Morgan fingerprint density at radius 2 is 2.18 bits per heavy atom. The van der Waals surface area contributed by atoms with Crippen molar-refractivity contribution in [1.82, 2.24) is 5.32 Å². The molecule has 17 heavy (non-hydrogen) atoms. The average molecular weight is 347 g/mol. The van der Waals surface area contributed by atoms with Gasteiger partial charge in [0.15, 0.2) is 0 Å². The molecule has 3 unspecified atom stereocenters. The van der Waals surface area contributed by atoms with E-state index in [1.807, 2.05) is 32.2 Å². The maximum atomic E-state index is 6.01. The third-order valence-electron chi connectivity index (χ3n) is 3.09. The van der Waals surface area contributed by atoms with E-state index in [0.29, 0.717) is 6.04 Å². The Bertz CT molecular complexity index is 372. The number of nitrogens with one attached hydrogen (secondary N) is 1. The lowest BCUT2D eigenvalue weighted by Gasteiger charge is -2.43. The van der Waals surface area contributed by atoms with Crippen LogP contribution in [0.1, 0.15) is 13.3 Å². The number of ether oxygens (including phenoxy) is 2. The average Bonchev–Trinajstić information content (AvgIpc) is 2.33. The first-order chi connectivity index (χ1) is 8.26. The van der Waals surface area contributed by atoms with Crippen LogP contribution in [0.2, 0.25) is 0 Å². The van der Waals surface area contributed by atoms with Crippen LogP contribution in [0.25, 0.3) is 0 Å². The van der Waals surface area contributed by atoms with Crippen LogP contribution in [0.3, 0.4) is 0 Å². The molecule has 1 aromatic rings. The molecule has 0 bridgehead atoms. The normalized spacial score (nSPS) is 27.6. The second kappa shape index (κ2) is 6.02. The molecule has 1 N–H and O–H groups in total. The highest BCUT2D eigenvalue weighted by atomic mass is 127. The van der Waals surface area contributed by atoms with Gasteiger partial charge in [-0.2, -0.15) is 0 Å². The summed E-state index contributed by atoms with van der Waals surface area (Å²) < 4.78 is 12.9. The predicted octanol–water partition coefficient (Wildman–Crippen LogP) is 2.44. The number of likely N-dealkylation sites (N-methyl/N-ethyl adjacent to an activating group) is 1. The summed E-state index contributed by atoms with van der Waals surface area (Å²) in [5.41, 5.74) is 0. The van der Waals surface area contributed by atoms with Crippen LogP contribution in [-0.4, -0.2) is 31.9 Å². The molecule has 0 aromatic heterocycles. The van der Waals surface area contributed by atoms with Gasteiger partial charge in [0.2, 0.25) is 0 Å². The van der Waals surface area contributed by atoms with Crippen LogP contribution < -0.4 is 10.1 Å². The fourth-order valence-electron chi connectivity index (χ4n) is 2.10. The Balaban J connectivity index is 1.98. The highest BCUT2D eigenvalue weighted by Gasteiger charge is 2.42. The van der Waals surface area contributed by atoms with Gasteiger partial charge >= 0.3 is 0 Å². The van der Waals surface area contributed by atoms with Crippen molar-refractivity contribution in [3.63, 3.8) is 0 Å². The van der Waals surface area contributed by atoms with E-state index in [0.717, 1.165) is 22.3 Å². The fraction of sp³-hybridized carbons (Fsp3) is 0.538. The minimum absolute atomic E-state index is 0.168. The zero-order valence-corrected chi connectivity index (χ0v) is 12.3. The van der Waals surface area contributed by atoms with Gasteiger partial charge in [-0.05, 0) is 48.7 Å². The molecule has 1 saturated carbocycles. The molecule has 1 aliphatic rings. The van der Waals surface area contributed by atoms with Crippen LogP contribution in [0.5, 0.6) is 5.75 Å². The van der Waals surface area contributed by atoms with Gasteiger partial charge < -0.3 is 14.8 Å². The van der Waals surface area contributed by atoms with Gasteiger partial charge in [-0.25, -0.2) is 0 Å². The van der Waals surface area contributed by atoms with Crippen LogP contribution in [0.15, 0.2) is 24.3 Å². The SMILES string of the molecule is CCOC1C(NC)CC1Oc1ccccc1I. The summed E-state index contributed by atoms with van der Waals surface area (Å²) in [5, 5.41) is 3.26. The molecule has 1 fully saturated rings. The van der Waals surface area contributed by atoms with E-state index in [4.69, 9.17) is 9.47 Å². The lowest BCUT2D eigenvalue weighted by atomic mass is 9.85. The summed E-state index contributed by atoms with van der Waals surface area (Å²) in [4.78, 5) is 0. The van der Waals surface area contributed by atoms with Gasteiger partial charge in [0.05, 0.1) is 3.57 Å². The molecule has 1 aromatic carbocycles. The van der Waals surface area contributed by atoms with Crippen molar-refractivity contribution in [3.05, 3.63) is 27.8 Å². The zero-order chi connectivity index (χ0) is 12.3. The summed E-state index contributed by atoms with van der Waals surface area (Å²) in [6, 6.07) is 8.51. The third-order valence-corrected chi connectivity index (χ3v) is 3.99. The Morgan fingerprint density at radius 3 is 2.82 bits per heavy atom. The maximum absolute atomic E-state index is 6.01. The van der Waals surface area contributed by atoms with E-state index in [9.17, 15) is 0 Å². The number of halogens is 1. The number of para-hydroxylation sites is 1. The van der Waals surface area contributed by atoms with E-state index in [2.05, 4.69) is 34.0 Å². The molecule has 0 spiro atoms. The molecule has 4 heteroatoms. The van der Waals surface area contributed by atoms with Gasteiger partial charge in [-0.3, -0.25) is 0 Å². The molecule has 3 atom stereocenters. The highest BCUT2D eigenvalue weighted by molar-refractivity contribution is 14.1. The fourth-order valence-corrected chi connectivity index (χ4v) is 2.61. The molecule has 3 nitrogen and oxygen atoms in total. The van der Waals surface area contributed by atoms with Crippen LogP contribution in [0, 0.1) is 3.57 Å². The Labute approximate surface area is 116 Å². The first-order valence-corrected chi connectivity index (χ1v) is 7.04. The van der Waals surface area contributed by atoms with Gasteiger partial charge in [0, 0.05) is 19.1 Å². The third kappa shape index (κ3) is 2.92. The minimum atomic E-state index is 0.168. The van der Waals surface area contributed by atoms with E-state index in [1.165, 1.54) is 0 Å². The second-order valence-electron chi connectivity index (χ2n) is 4.14. The number of rotatable bonds is 5. The van der Waals surface area contributed by atoms with Crippen molar-refractivity contribution < 1.29 is 9.47 Å². The number of hydrogen-bond acceptors (Lipinski definition) is 3. The smallest absolute Gasteiger partial charge is 0.133 e. The predicted molar refractivity (Wildman–Crippen MR) is 76.5 cm³/mol. The quantitative estimate of drug-likeness (QED) is 0.830. The molecule has 0 aliphatic heterocycles. The van der Waals surface area contributed by atoms with Gasteiger partial charge in [-0.15, -0.1) is 0 Å². The zero-order valence-electron chi connectivity index (χ0n) is 10.2. The van der Waals surface area contributed by atoms with Crippen LogP contribution >= 0.6 is 22.6 Å². The molecule has 94 valence electrons. The molecular formula is C13H18INO2. The lowest BCUT2D eigenvalue weighted by molar-refractivity contribution is -0.103. The van der Waals surface area contributed by atoms with Crippen molar-refractivity contribution in [2.45, 2.75) is 31.6 Å².